The average molecular weight is 441 g/mol. The molecule has 2 saturated heterocycles. The molecule has 0 spiro atoms. The van der Waals surface area contributed by atoms with E-state index in [0.29, 0.717) is 30.6 Å². The minimum atomic E-state index is -0.619. The molecule has 0 radical (unpaired) electrons. The number of H-pyrrole nitrogens is 1. The SMILES string of the molecule is O=c1[nH]c(-c2nc(N3CCC3)c3c(n2)nc(N2CCOCC2)n3CC2CCCCC2)no1. The standard InChI is InChI=1S/C21H28N8O3/c30-21-25-18(26-32-21)17-22-16-15(19(23-17)27-7-4-8-27)29(13-14-5-2-1-3-6-14)20(24-16)28-9-11-31-12-10-28/h14H,1-13H2,(H,25,26,30). The zero-order valence-electron chi connectivity index (χ0n) is 18.1. The molecule has 11 heteroatoms. The highest BCUT2D eigenvalue weighted by Crippen LogP contribution is 2.35. The number of imidazole rings is 1. The van der Waals surface area contributed by atoms with Crippen LogP contribution < -0.4 is 15.6 Å². The minimum Gasteiger partial charge on any atom is -0.378 e. The molecule has 32 heavy (non-hydrogen) atoms. The number of aromatic nitrogens is 6. The fourth-order valence-corrected chi connectivity index (χ4v) is 4.99. The predicted octanol–water partition coefficient (Wildman–Crippen LogP) is 1.80. The van der Waals surface area contributed by atoms with Crippen LogP contribution in [0.3, 0.4) is 0 Å². The van der Waals surface area contributed by atoms with Gasteiger partial charge in [0.1, 0.15) is 5.52 Å². The summed E-state index contributed by atoms with van der Waals surface area (Å²) in [6.07, 6.45) is 7.56. The Kier molecular flexibility index (Phi) is 5.05. The van der Waals surface area contributed by atoms with Crippen molar-refractivity contribution in [3.8, 4) is 11.6 Å². The van der Waals surface area contributed by atoms with Crippen molar-refractivity contribution in [1.29, 1.82) is 0 Å². The molecule has 0 aromatic carbocycles. The first-order valence-corrected chi connectivity index (χ1v) is 11.7. The molecule has 6 rings (SSSR count). The lowest BCUT2D eigenvalue weighted by Crippen LogP contribution is -2.39. The number of hydrogen-bond acceptors (Lipinski definition) is 9. The van der Waals surface area contributed by atoms with Gasteiger partial charge in [-0.2, -0.15) is 4.98 Å². The molecule has 3 aromatic rings. The molecule has 0 bridgehead atoms. The van der Waals surface area contributed by atoms with E-state index in [0.717, 1.165) is 56.4 Å². The molecule has 3 fully saturated rings. The van der Waals surface area contributed by atoms with Crippen LogP contribution in [-0.2, 0) is 11.3 Å². The summed E-state index contributed by atoms with van der Waals surface area (Å²) < 4.78 is 12.6. The van der Waals surface area contributed by atoms with E-state index in [1.807, 2.05) is 0 Å². The first-order chi connectivity index (χ1) is 15.8. The van der Waals surface area contributed by atoms with Crippen LogP contribution in [0.1, 0.15) is 38.5 Å². The Bertz CT molecular complexity index is 1150. The van der Waals surface area contributed by atoms with Gasteiger partial charge in [-0.05, 0) is 25.2 Å². The van der Waals surface area contributed by atoms with Crippen LogP contribution in [-0.4, -0.2) is 69.1 Å². The van der Waals surface area contributed by atoms with Crippen molar-refractivity contribution in [3.05, 3.63) is 10.6 Å². The average Bonchev–Trinajstić information content (AvgIpc) is 3.38. The Balaban J connectivity index is 1.51. The van der Waals surface area contributed by atoms with Crippen molar-refractivity contribution in [2.24, 2.45) is 5.92 Å². The third kappa shape index (κ3) is 3.54. The molecular formula is C21H28N8O3. The zero-order valence-corrected chi connectivity index (χ0v) is 18.1. The number of nitrogens with zero attached hydrogens (tertiary/aromatic N) is 7. The van der Waals surface area contributed by atoms with Gasteiger partial charge in [0.2, 0.25) is 17.6 Å². The maximum absolute atomic E-state index is 11.5. The summed E-state index contributed by atoms with van der Waals surface area (Å²) in [7, 11) is 0. The summed E-state index contributed by atoms with van der Waals surface area (Å²) in [5.41, 5.74) is 1.62. The van der Waals surface area contributed by atoms with Gasteiger partial charge >= 0.3 is 5.76 Å². The molecule has 11 nitrogen and oxygen atoms in total. The first-order valence-electron chi connectivity index (χ1n) is 11.7. The lowest BCUT2D eigenvalue weighted by Gasteiger charge is -2.33. The quantitative estimate of drug-likeness (QED) is 0.633. The van der Waals surface area contributed by atoms with Crippen LogP contribution >= 0.6 is 0 Å². The summed E-state index contributed by atoms with van der Waals surface area (Å²) in [5.74, 6) is 2.39. The van der Waals surface area contributed by atoms with Crippen LogP contribution in [0.4, 0.5) is 11.8 Å². The Hall–Kier alpha value is -2.95. The highest BCUT2D eigenvalue weighted by Gasteiger charge is 2.29. The van der Waals surface area contributed by atoms with Crippen LogP contribution in [0.5, 0.6) is 0 Å². The van der Waals surface area contributed by atoms with Crippen LogP contribution in [0.25, 0.3) is 22.8 Å². The van der Waals surface area contributed by atoms with Gasteiger partial charge in [-0.1, -0.05) is 24.4 Å². The Morgan fingerprint density at radius 1 is 0.938 bits per heavy atom. The van der Waals surface area contributed by atoms with Crippen molar-refractivity contribution in [2.45, 2.75) is 45.1 Å². The number of morpholine rings is 1. The number of rotatable bonds is 5. The van der Waals surface area contributed by atoms with E-state index in [-0.39, 0.29) is 5.82 Å². The molecule has 1 N–H and O–H groups in total. The molecule has 0 unspecified atom stereocenters. The summed E-state index contributed by atoms with van der Waals surface area (Å²) in [4.78, 5) is 33.2. The number of anilines is 2. The van der Waals surface area contributed by atoms with Gasteiger partial charge in [0.15, 0.2) is 11.5 Å². The van der Waals surface area contributed by atoms with Crippen molar-refractivity contribution >= 4 is 22.9 Å². The number of nitrogens with one attached hydrogen (secondary N) is 1. The van der Waals surface area contributed by atoms with Gasteiger partial charge < -0.3 is 19.1 Å². The second-order valence-electron chi connectivity index (χ2n) is 8.95. The molecule has 0 atom stereocenters. The van der Waals surface area contributed by atoms with Gasteiger partial charge in [0.25, 0.3) is 0 Å². The first kappa shape index (κ1) is 19.7. The van der Waals surface area contributed by atoms with Crippen LogP contribution in [0.15, 0.2) is 9.32 Å². The Morgan fingerprint density at radius 3 is 2.44 bits per heavy atom. The van der Waals surface area contributed by atoms with Gasteiger partial charge in [-0.3, -0.25) is 9.51 Å². The van der Waals surface area contributed by atoms with Crippen LogP contribution in [0, 0.1) is 5.92 Å². The summed E-state index contributed by atoms with van der Waals surface area (Å²) in [5, 5.41) is 3.80. The third-order valence-electron chi connectivity index (χ3n) is 6.83. The Morgan fingerprint density at radius 2 is 1.75 bits per heavy atom. The van der Waals surface area contributed by atoms with Crippen molar-refractivity contribution in [1.82, 2.24) is 29.7 Å². The molecular weight excluding hydrogens is 412 g/mol. The second-order valence-corrected chi connectivity index (χ2v) is 8.95. The van der Waals surface area contributed by atoms with E-state index in [1.165, 1.54) is 32.1 Å². The van der Waals surface area contributed by atoms with E-state index in [1.54, 1.807) is 0 Å². The van der Waals surface area contributed by atoms with E-state index in [4.69, 9.17) is 24.2 Å². The van der Waals surface area contributed by atoms with Crippen molar-refractivity contribution in [3.63, 3.8) is 0 Å². The number of ether oxygens (including phenoxy) is 1. The second kappa shape index (κ2) is 8.19. The third-order valence-corrected chi connectivity index (χ3v) is 6.83. The molecule has 170 valence electrons. The molecule has 2 aliphatic heterocycles. The Labute approximate surface area is 184 Å². The summed E-state index contributed by atoms with van der Waals surface area (Å²) >= 11 is 0. The van der Waals surface area contributed by atoms with Gasteiger partial charge in [0.05, 0.1) is 13.2 Å². The van der Waals surface area contributed by atoms with Crippen molar-refractivity contribution < 1.29 is 9.26 Å². The number of fused-ring (bicyclic) bond motifs is 1. The smallest absolute Gasteiger partial charge is 0.378 e. The molecule has 3 aliphatic rings. The fraction of sp³-hybridized carbons (Fsp3) is 0.667. The molecule has 3 aromatic heterocycles. The van der Waals surface area contributed by atoms with Crippen LogP contribution in [0.2, 0.25) is 0 Å². The van der Waals surface area contributed by atoms with E-state index < -0.39 is 5.76 Å². The molecule has 1 saturated carbocycles. The molecule has 5 heterocycles. The molecule has 1 aliphatic carbocycles. The lowest BCUT2D eigenvalue weighted by atomic mass is 9.89. The fourth-order valence-electron chi connectivity index (χ4n) is 4.99. The summed E-state index contributed by atoms with van der Waals surface area (Å²) in [6.45, 7) is 5.83. The van der Waals surface area contributed by atoms with Gasteiger partial charge in [0, 0.05) is 32.7 Å². The van der Waals surface area contributed by atoms with E-state index >= 15 is 0 Å². The van der Waals surface area contributed by atoms with E-state index in [9.17, 15) is 4.79 Å². The highest BCUT2D eigenvalue weighted by atomic mass is 16.5. The maximum atomic E-state index is 11.5. The van der Waals surface area contributed by atoms with Crippen molar-refractivity contribution in [2.75, 3.05) is 49.2 Å². The zero-order chi connectivity index (χ0) is 21.5. The maximum Gasteiger partial charge on any atom is 0.439 e. The van der Waals surface area contributed by atoms with Gasteiger partial charge in [-0.15, -0.1) is 0 Å². The highest BCUT2D eigenvalue weighted by molar-refractivity contribution is 5.88. The topological polar surface area (TPSA) is 118 Å². The predicted molar refractivity (Wildman–Crippen MR) is 118 cm³/mol. The minimum absolute atomic E-state index is 0.230. The monoisotopic (exact) mass is 440 g/mol. The number of hydrogen-bond donors (Lipinski definition) is 1. The lowest BCUT2D eigenvalue weighted by molar-refractivity contribution is 0.121. The largest absolute Gasteiger partial charge is 0.439 e. The summed E-state index contributed by atoms with van der Waals surface area (Å²) in [6, 6.07) is 0. The number of aromatic amines is 1. The van der Waals surface area contributed by atoms with E-state index in [2.05, 4.69) is 24.5 Å². The van der Waals surface area contributed by atoms with Gasteiger partial charge in [-0.25, -0.2) is 14.8 Å². The normalized spacial score (nSPS) is 20.1. The molecule has 0 amide bonds.